The number of aromatic nitrogens is 4. The average Bonchev–Trinajstić information content (AvgIpc) is 3.06. The van der Waals surface area contributed by atoms with Crippen molar-refractivity contribution in [3.8, 4) is 28.3 Å². The third-order valence-corrected chi connectivity index (χ3v) is 4.53. The molecule has 9 nitrogen and oxygen atoms in total. The van der Waals surface area contributed by atoms with Gasteiger partial charge >= 0.3 is 6.09 Å². The van der Waals surface area contributed by atoms with Crippen molar-refractivity contribution in [2.24, 2.45) is 5.73 Å². The summed E-state index contributed by atoms with van der Waals surface area (Å²) in [6, 6.07) is 8.26. The quantitative estimate of drug-likeness (QED) is 0.662. The predicted molar refractivity (Wildman–Crippen MR) is 97.7 cm³/mol. The maximum Gasteiger partial charge on any atom is 0.409 e. The average molecular weight is 387 g/mol. The number of hydrogen-bond donors (Lipinski definition) is 1. The zero-order chi connectivity index (χ0) is 19.6. The molecule has 0 aliphatic rings. The first-order valence-electron chi connectivity index (χ1n) is 7.96. The SMILES string of the molecule is CCn1cc(-c2ccnc(S(C)(=O)=O)n2)c(-c2ccc(OC(N)=O)cc2)n1. The number of primary amides is 1. The Labute approximate surface area is 155 Å². The van der Waals surface area contributed by atoms with Crippen molar-refractivity contribution >= 4 is 15.9 Å². The van der Waals surface area contributed by atoms with E-state index in [1.165, 1.54) is 6.20 Å². The molecule has 0 bridgehead atoms. The van der Waals surface area contributed by atoms with Gasteiger partial charge in [0.15, 0.2) is 0 Å². The number of nitrogens with two attached hydrogens (primary N) is 1. The lowest BCUT2D eigenvalue weighted by atomic mass is 10.1. The molecule has 0 aliphatic carbocycles. The molecule has 1 aromatic carbocycles. The van der Waals surface area contributed by atoms with E-state index in [1.54, 1.807) is 41.2 Å². The van der Waals surface area contributed by atoms with E-state index < -0.39 is 15.9 Å². The number of carbonyl (C=O) groups excluding carboxylic acids is 1. The molecule has 10 heteroatoms. The number of sulfone groups is 1. The molecule has 0 saturated heterocycles. The Morgan fingerprint density at radius 3 is 2.52 bits per heavy atom. The van der Waals surface area contributed by atoms with Gasteiger partial charge in [-0.1, -0.05) is 0 Å². The summed E-state index contributed by atoms with van der Waals surface area (Å²) < 4.78 is 30.1. The molecule has 2 N–H and O–H groups in total. The minimum absolute atomic E-state index is 0.250. The summed E-state index contributed by atoms with van der Waals surface area (Å²) >= 11 is 0. The molecular formula is C17H17N5O4S. The van der Waals surface area contributed by atoms with Crippen molar-refractivity contribution in [1.29, 1.82) is 0 Å². The fourth-order valence-electron chi connectivity index (χ4n) is 2.45. The monoisotopic (exact) mass is 387 g/mol. The third kappa shape index (κ3) is 4.11. The van der Waals surface area contributed by atoms with Gasteiger partial charge in [0.25, 0.3) is 0 Å². The number of nitrogens with zero attached hydrogens (tertiary/aromatic N) is 4. The Kier molecular flexibility index (Phi) is 4.91. The van der Waals surface area contributed by atoms with Crippen LogP contribution in [0.15, 0.2) is 47.9 Å². The van der Waals surface area contributed by atoms with E-state index >= 15 is 0 Å². The van der Waals surface area contributed by atoms with Crippen LogP contribution in [0.25, 0.3) is 22.5 Å². The van der Waals surface area contributed by atoms with Gasteiger partial charge < -0.3 is 10.5 Å². The molecule has 3 rings (SSSR count). The first-order valence-corrected chi connectivity index (χ1v) is 9.85. The van der Waals surface area contributed by atoms with Gasteiger partial charge in [0.05, 0.1) is 5.69 Å². The Balaban J connectivity index is 2.08. The predicted octanol–water partition coefficient (Wildman–Crippen LogP) is 1.89. The molecule has 140 valence electrons. The summed E-state index contributed by atoms with van der Waals surface area (Å²) in [5.74, 6) is 0.309. The van der Waals surface area contributed by atoms with Gasteiger partial charge in [-0.05, 0) is 37.3 Å². The number of amides is 1. The lowest BCUT2D eigenvalue weighted by Crippen LogP contribution is -2.16. The summed E-state index contributed by atoms with van der Waals surface area (Å²) in [6.07, 6.45) is 3.35. The second kappa shape index (κ2) is 7.16. The Hall–Kier alpha value is -3.27. The molecule has 0 aliphatic heterocycles. The molecule has 2 heterocycles. The summed E-state index contributed by atoms with van der Waals surface area (Å²) in [4.78, 5) is 18.8. The van der Waals surface area contributed by atoms with Crippen LogP contribution >= 0.6 is 0 Å². The van der Waals surface area contributed by atoms with Gasteiger partial charge in [-0.25, -0.2) is 23.2 Å². The van der Waals surface area contributed by atoms with Crippen LogP contribution in [-0.4, -0.2) is 40.5 Å². The number of rotatable bonds is 5. The van der Waals surface area contributed by atoms with Crippen molar-refractivity contribution in [2.75, 3.05) is 6.26 Å². The summed E-state index contributed by atoms with van der Waals surface area (Å²) in [5.41, 5.74) is 7.46. The highest BCUT2D eigenvalue weighted by atomic mass is 32.2. The van der Waals surface area contributed by atoms with Crippen LogP contribution in [0, 0.1) is 0 Å². The molecule has 0 saturated carbocycles. The van der Waals surface area contributed by atoms with Crippen LogP contribution in [0.1, 0.15) is 6.92 Å². The Morgan fingerprint density at radius 2 is 1.93 bits per heavy atom. The molecule has 3 aromatic rings. The summed E-state index contributed by atoms with van der Waals surface area (Å²) in [5, 5.41) is 4.28. The molecule has 27 heavy (non-hydrogen) atoms. The normalized spacial score (nSPS) is 11.3. The molecule has 0 radical (unpaired) electrons. The van der Waals surface area contributed by atoms with Gasteiger partial charge in [0.2, 0.25) is 15.0 Å². The van der Waals surface area contributed by atoms with Gasteiger partial charge in [0, 0.05) is 36.3 Å². The van der Waals surface area contributed by atoms with E-state index in [0.29, 0.717) is 29.2 Å². The van der Waals surface area contributed by atoms with E-state index in [0.717, 1.165) is 11.8 Å². The highest BCUT2D eigenvalue weighted by Crippen LogP contribution is 2.31. The van der Waals surface area contributed by atoms with Crippen LogP contribution in [0.2, 0.25) is 0 Å². The third-order valence-electron chi connectivity index (χ3n) is 3.67. The molecular weight excluding hydrogens is 370 g/mol. The minimum atomic E-state index is -3.54. The maximum absolute atomic E-state index is 11.8. The maximum atomic E-state index is 11.8. The van der Waals surface area contributed by atoms with Crippen LogP contribution in [-0.2, 0) is 16.4 Å². The number of carbonyl (C=O) groups is 1. The van der Waals surface area contributed by atoms with Crippen LogP contribution in [0.3, 0.4) is 0 Å². The Morgan fingerprint density at radius 1 is 1.22 bits per heavy atom. The van der Waals surface area contributed by atoms with Gasteiger partial charge in [-0.3, -0.25) is 4.68 Å². The number of ether oxygens (including phenoxy) is 1. The summed E-state index contributed by atoms with van der Waals surface area (Å²) in [7, 11) is -3.54. The van der Waals surface area contributed by atoms with Crippen molar-refractivity contribution in [3.63, 3.8) is 0 Å². The van der Waals surface area contributed by atoms with E-state index in [2.05, 4.69) is 15.1 Å². The first kappa shape index (κ1) is 18.5. The largest absolute Gasteiger partial charge is 0.411 e. The van der Waals surface area contributed by atoms with Crippen LogP contribution in [0.5, 0.6) is 5.75 Å². The van der Waals surface area contributed by atoms with E-state index in [9.17, 15) is 13.2 Å². The first-order chi connectivity index (χ1) is 12.8. The lowest BCUT2D eigenvalue weighted by Gasteiger charge is -2.05. The molecule has 0 unspecified atom stereocenters. The van der Waals surface area contributed by atoms with Crippen LogP contribution in [0.4, 0.5) is 4.79 Å². The number of hydrogen-bond acceptors (Lipinski definition) is 7. The van der Waals surface area contributed by atoms with Gasteiger partial charge in [0.1, 0.15) is 11.4 Å². The number of benzene rings is 1. The second-order valence-electron chi connectivity index (χ2n) is 5.69. The number of aryl methyl sites for hydroxylation is 1. The molecule has 0 spiro atoms. The van der Waals surface area contributed by atoms with Gasteiger partial charge in [-0.15, -0.1) is 0 Å². The second-order valence-corrected chi connectivity index (χ2v) is 7.60. The van der Waals surface area contributed by atoms with Crippen LogP contribution < -0.4 is 10.5 Å². The molecule has 1 amide bonds. The van der Waals surface area contributed by atoms with Gasteiger partial charge in [-0.2, -0.15) is 5.10 Å². The molecule has 2 aromatic heterocycles. The fraction of sp³-hybridized carbons (Fsp3) is 0.176. The smallest absolute Gasteiger partial charge is 0.409 e. The highest BCUT2D eigenvalue weighted by Gasteiger charge is 2.17. The minimum Gasteiger partial charge on any atom is -0.411 e. The zero-order valence-corrected chi connectivity index (χ0v) is 15.5. The van der Waals surface area contributed by atoms with E-state index in [4.69, 9.17) is 10.5 Å². The lowest BCUT2D eigenvalue weighted by molar-refractivity contribution is 0.211. The van der Waals surface area contributed by atoms with Crippen molar-refractivity contribution in [3.05, 3.63) is 42.7 Å². The van der Waals surface area contributed by atoms with E-state index in [-0.39, 0.29) is 5.16 Å². The van der Waals surface area contributed by atoms with E-state index in [1.807, 2.05) is 6.92 Å². The molecule has 0 fully saturated rings. The van der Waals surface area contributed by atoms with Crippen molar-refractivity contribution in [2.45, 2.75) is 18.6 Å². The fourth-order valence-corrected chi connectivity index (χ4v) is 2.97. The van der Waals surface area contributed by atoms with Crippen molar-refractivity contribution in [1.82, 2.24) is 19.7 Å². The summed E-state index contributed by atoms with van der Waals surface area (Å²) in [6.45, 7) is 2.56. The molecule has 0 atom stereocenters. The highest BCUT2D eigenvalue weighted by molar-refractivity contribution is 7.90. The van der Waals surface area contributed by atoms with Crippen molar-refractivity contribution < 1.29 is 17.9 Å². The standard InChI is InChI=1S/C17H17N5O4S/c1-3-22-10-13(14-8-9-19-17(20-14)27(2,24)25)15(21-22)11-4-6-12(7-5-11)26-16(18)23/h4-10H,3H2,1-2H3,(H2,18,23). The topological polar surface area (TPSA) is 130 Å². The Bertz CT molecular complexity index is 1090. The zero-order valence-electron chi connectivity index (χ0n) is 14.7.